The predicted molar refractivity (Wildman–Crippen MR) is 147 cm³/mol. The van der Waals surface area contributed by atoms with Gasteiger partial charge < -0.3 is 19.3 Å². The van der Waals surface area contributed by atoms with Gasteiger partial charge in [0.05, 0.1) is 5.56 Å². The predicted octanol–water partition coefficient (Wildman–Crippen LogP) is 6.25. The van der Waals surface area contributed by atoms with Crippen LogP contribution in [0.2, 0.25) is 0 Å². The molecule has 1 aromatic heterocycles. The first-order valence-corrected chi connectivity index (χ1v) is 12.6. The fourth-order valence-corrected chi connectivity index (χ4v) is 4.91. The zero-order chi connectivity index (χ0) is 26.0. The first-order valence-electron chi connectivity index (χ1n) is 12.6. The van der Waals surface area contributed by atoms with Gasteiger partial charge in [-0.05, 0) is 62.4 Å². The van der Waals surface area contributed by atoms with Crippen molar-refractivity contribution in [2.45, 2.75) is 19.4 Å². The summed E-state index contributed by atoms with van der Waals surface area (Å²) in [5.41, 5.74) is 3.35. The third-order valence-corrected chi connectivity index (χ3v) is 6.84. The largest absolute Gasteiger partial charge is 0.457 e. The fourth-order valence-electron chi connectivity index (χ4n) is 4.91. The molecule has 5 rings (SSSR count). The molecular formula is C31H31N3O3. The first kappa shape index (κ1) is 24.4. The number of nitrogens with zero attached hydrogens (tertiary/aromatic N) is 3. The van der Waals surface area contributed by atoms with E-state index in [9.17, 15) is 4.79 Å². The molecule has 1 aliphatic rings. The fraction of sp³-hybridized carbons (Fsp3) is 0.226. The smallest absolute Gasteiger partial charge is 0.341 e. The number of pyridine rings is 1. The summed E-state index contributed by atoms with van der Waals surface area (Å²) < 4.78 is 12.8. The van der Waals surface area contributed by atoms with Crippen molar-refractivity contribution in [3.63, 3.8) is 0 Å². The van der Waals surface area contributed by atoms with Gasteiger partial charge in [0.15, 0.2) is 0 Å². The molecule has 0 saturated carbocycles. The Hall–Kier alpha value is -4.32. The second kappa shape index (κ2) is 9.97. The zero-order valence-corrected chi connectivity index (χ0v) is 21.6. The van der Waals surface area contributed by atoms with Gasteiger partial charge in [0, 0.05) is 61.9 Å². The van der Waals surface area contributed by atoms with Crippen LogP contribution in [0.3, 0.4) is 0 Å². The standard InChI is InChI=1S/C31H31N3O3/c1-5-34(6-2)24-18-19-27(28(21-24)36-25-11-8-7-9-12-25)31(22-14-16-23(17-15-22)33(3)4)29-26(30(35)37-31)13-10-20-32-29/h7-21H,5-6H2,1-4H3. The molecule has 3 aromatic carbocycles. The third-order valence-electron chi connectivity index (χ3n) is 6.84. The van der Waals surface area contributed by atoms with E-state index >= 15 is 0 Å². The summed E-state index contributed by atoms with van der Waals surface area (Å²) in [4.78, 5) is 22.2. The Labute approximate surface area is 218 Å². The van der Waals surface area contributed by atoms with E-state index in [1.165, 1.54) is 0 Å². The number of esters is 1. The first-order chi connectivity index (χ1) is 18.0. The minimum Gasteiger partial charge on any atom is -0.457 e. The highest BCUT2D eigenvalue weighted by atomic mass is 16.6. The van der Waals surface area contributed by atoms with Gasteiger partial charge in [-0.1, -0.05) is 30.3 Å². The number of para-hydroxylation sites is 1. The maximum atomic E-state index is 13.2. The molecule has 0 aliphatic carbocycles. The second-order valence-corrected chi connectivity index (χ2v) is 9.18. The molecule has 0 amide bonds. The van der Waals surface area contributed by atoms with Crippen LogP contribution in [-0.4, -0.2) is 38.1 Å². The number of benzene rings is 3. The maximum absolute atomic E-state index is 13.2. The number of carbonyl (C=O) groups excluding carboxylic acids is 1. The summed E-state index contributed by atoms with van der Waals surface area (Å²) in [6, 6.07) is 27.3. The number of cyclic esters (lactones) is 1. The van der Waals surface area contributed by atoms with Crippen molar-refractivity contribution < 1.29 is 14.3 Å². The summed E-state index contributed by atoms with van der Waals surface area (Å²) in [6.45, 7) is 5.97. The molecule has 0 fully saturated rings. The van der Waals surface area contributed by atoms with E-state index in [0.717, 1.165) is 35.6 Å². The molecule has 6 heteroatoms. The van der Waals surface area contributed by atoms with Crippen LogP contribution in [0.1, 0.15) is 41.0 Å². The lowest BCUT2D eigenvalue weighted by Gasteiger charge is -2.32. The summed E-state index contributed by atoms with van der Waals surface area (Å²) in [6.07, 6.45) is 1.70. The van der Waals surface area contributed by atoms with Crippen LogP contribution in [0.5, 0.6) is 11.5 Å². The van der Waals surface area contributed by atoms with Crippen molar-refractivity contribution in [3.05, 3.63) is 114 Å². The van der Waals surface area contributed by atoms with E-state index in [2.05, 4.69) is 29.8 Å². The van der Waals surface area contributed by atoms with Gasteiger partial charge in [-0.3, -0.25) is 4.98 Å². The topological polar surface area (TPSA) is 54.9 Å². The molecule has 0 N–H and O–H groups in total. The molecule has 0 bridgehead atoms. The van der Waals surface area contributed by atoms with Crippen LogP contribution in [0, 0.1) is 0 Å². The minimum atomic E-state index is -1.26. The number of hydrogen-bond donors (Lipinski definition) is 0. The Morgan fingerprint density at radius 2 is 1.57 bits per heavy atom. The Bertz CT molecular complexity index is 1400. The van der Waals surface area contributed by atoms with Crippen LogP contribution < -0.4 is 14.5 Å². The molecule has 1 atom stereocenters. The number of aromatic nitrogens is 1. The van der Waals surface area contributed by atoms with Crippen molar-refractivity contribution in [2.75, 3.05) is 37.0 Å². The van der Waals surface area contributed by atoms with E-state index in [4.69, 9.17) is 9.47 Å². The average molecular weight is 494 g/mol. The molecule has 0 spiro atoms. The molecule has 4 aromatic rings. The van der Waals surface area contributed by atoms with E-state index in [0.29, 0.717) is 22.8 Å². The van der Waals surface area contributed by atoms with Gasteiger partial charge >= 0.3 is 5.97 Å². The number of carbonyl (C=O) groups is 1. The number of rotatable bonds is 8. The van der Waals surface area contributed by atoms with Crippen molar-refractivity contribution >= 4 is 17.3 Å². The molecule has 1 aliphatic heterocycles. The Morgan fingerprint density at radius 1 is 0.865 bits per heavy atom. The van der Waals surface area contributed by atoms with Crippen LogP contribution in [0.25, 0.3) is 0 Å². The third kappa shape index (κ3) is 4.29. The Morgan fingerprint density at radius 3 is 2.24 bits per heavy atom. The number of hydrogen-bond acceptors (Lipinski definition) is 6. The zero-order valence-electron chi connectivity index (χ0n) is 21.6. The van der Waals surface area contributed by atoms with Gasteiger partial charge in [0.1, 0.15) is 17.2 Å². The highest BCUT2D eigenvalue weighted by molar-refractivity contribution is 5.95. The summed E-state index contributed by atoms with van der Waals surface area (Å²) in [7, 11) is 3.99. The molecule has 188 valence electrons. The lowest BCUT2D eigenvalue weighted by Crippen LogP contribution is -2.31. The van der Waals surface area contributed by atoms with Gasteiger partial charge in [-0.15, -0.1) is 0 Å². The average Bonchev–Trinajstić information content (AvgIpc) is 3.23. The van der Waals surface area contributed by atoms with Crippen molar-refractivity contribution in [1.29, 1.82) is 0 Å². The van der Waals surface area contributed by atoms with Gasteiger partial charge in [0.2, 0.25) is 5.60 Å². The Kier molecular flexibility index (Phi) is 6.57. The number of ether oxygens (including phenoxy) is 2. The second-order valence-electron chi connectivity index (χ2n) is 9.18. The van der Waals surface area contributed by atoms with Crippen LogP contribution in [-0.2, 0) is 10.3 Å². The van der Waals surface area contributed by atoms with Crippen LogP contribution in [0.15, 0.2) is 91.1 Å². The van der Waals surface area contributed by atoms with E-state index in [1.54, 1.807) is 18.3 Å². The highest BCUT2D eigenvalue weighted by Crippen LogP contribution is 2.50. The summed E-state index contributed by atoms with van der Waals surface area (Å²) in [5, 5.41) is 0. The minimum absolute atomic E-state index is 0.404. The van der Waals surface area contributed by atoms with Crippen LogP contribution >= 0.6 is 0 Å². The maximum Gasteiger partial charge on any atom is 0.341 e. The van der Waals surface area contributed by atoms with Crippen molar-refractivity contribution in [2.24, 2.45) is 0 Å². The van der Waals surface area contributed by atoms with E-state index < -0.39 is 11.6 Å². The molecule has 6 nitrogen and oxygen atoms in total. The molecule has 0 saturated heterocycles. The molecule has 1 unspecified atom stereocenters. The monoisotopic (exact) mass is 493 g/mol. The summed E-state index contributed by atoms with van der Waals surface area (Å²) in [5.74, 6) is 0.904. The van der Waals surface area contributed by atoms with Crippen molar-refractivity contribution in [1.82, 2.24) is 4.98 Å². The van der Waals surface area contributed by atoms with Gasteiger partial charge in [-0.2, -0.15) is 0 Å². The molecule has 2 heterocycles. The molecule has 0 radical (unpaired) electrons. The van der Waals surface area contributed by atoms with Crippen LogP contribution in [0.4, 0.5) is 11.4 Å². The number of fused-ring (bicyclic) bond motifs is 1. The SMILES string of the molecule is CCN(CC)c1ccc(C2(c3ccc(N(C)C)cc3)OC(=O)c3cccnc32)c(Oc2ccccc2)c1. The lowest BCUT2D eigenvalue weighted by atomic mass is 9.82. The molecule has 37 heavy (non-hydrogen) atoms. The van der Waals surface area contributed by atoms with E-state index in [1.807, 2.05) is 85.7 Å². The molecular weight excluding hydrogens is 462 g/mol. The van der Waals surface area contributed by atoms with E-state index in [-0.39, 0.29) is 0 Å². The highest BCUT2D eigenvalue weighted by Gasteiger charge is 2.51. The quantitative estimate of drug-likeness (QED) is 0.271. The number of anilines is 2. The van der Waals surface area contributed by atoms with Gasteiger partial charge in [0.25, 0.3) is 0 Å². The van der Waals surface area contributed by atoms with Gasteiger partial charge in [-0.25, -0.2) is 4.79 Å². The van der Waals surface area contributed by atoms with Crippen molar-refractivity contribution in [3.8, 4) is 11.5 Å². The summed E-state index contributed by atoms with van der Waals surface area (Å²) >= 11 is 0. The lowest BCUT2D eigenvalue weighted by molar-refractivity contribution is 0.0238. The Balaban J connectivity index is 1.77. The normalized spacial score (nSPS) is 16.2.